The molecule has 2 aromatic rings. The van der Waals surface area contributed by atoms with Gasteiger partial charge in [0.05, 0.1) is 12.8 Å². The van der Waals surface area contributed by atoms with Gasteiger partial charge >= 0.3 is 5.97 Å². The second-order valence-electron chi connectivity index (χ2n) is 5.66. The number of rotatable bonds is 5. The molecule has 2 aromatic heterocycles. The lowest BCUT2D eigenvalue weighted by atomic mass is 10.3. The van der Waals surface area contributed by atoms with Gasteiger partial charge in [0.2, 0.25) is 0 Å². The summed E-state index contributed by atoms with van der Waals surface area (Å²) < 4.78 is 6.39. The predicted molar refractivity (Wildman–Crippen MR) is 90.6 cm³/mol. The van der Waals surface area contributed by atoms with Gasteiger partial charge in [-0.3, -0.25) is 9.48 Å². The molecule has 3 heterocycles. The van der Waals surface area contributed by atoms with Crippen molar-refractivity contribution < 1.29 is 14.3 Å². The first-order valence-corrected chi connectivity index (χ1v) is 8.17. The number of aryl methyl sites for hydroxylation is 1. The first kappa shape index (κ1) is 16.9. The highest BCUT2D eigenvalue weighted by Gasteiger charge is 2.21. The summed E-state index contributed by atoms with van der Waals surface area (Å²) >= 11 is 0. The van der Waals surface area contributed by atoms with E-state index in [4.69, 9.17) is 4.74 Å². The molecule has 0 saturated carbocycles. The second kappa shape index (κ2) is 7.29. The van der Waals surface area contributed by atoms with E-state index in [1.165, 1.54) is 17.2 Å². The van der Waals surface area contributed by atoms with Gasteiger partial charge in [-0.15, -0.1) is 0 Å². The van der Waals surface area contributed by atoms with Crippen molar-refractivity contribution in [1.82, 2.24) is 19.7 Å². The Bertz CT molecular complexity index is 782. The molecule has 1 aliphatic rings. The van der Waals surface area contributed by atoms with Crippen molar-refractivity contribution in [2.45, 2.75) is 19.8 Å². The van der Waals surface area contributed by atoms with Crippen molar-refractivity contribution in [2.75, 3.05) is 29.9 Å². The van der Waals surface area contributed by atoms with Gasteiger partial charge in [-0.1, -0.05) is 0 Å². The monoisotopic (exact) mass is 344 g/mol. The number of carbonyl (C=O) groups is 2. The number of hydrogen-bond acceptors (Lipinski definition) is 7. The molecule has 9 heteroatoms. The van der Waals surface area contributed by atoms with Crippen LogP contribution in [-0.4, -0.2) is 51.3 Å². The summed E-state index contributed by atoms with van der Waals surface area (Å²) in [6.07, 6.45) is 4.97. The number of nitrogens with one attached hydrogen (secondary N) is 1. The SMILES string of the molecule is CCOC(=O)c1cnn(C)c1NC(=O)c1cc(N2CCCC2)ncn1. The maximum atomic E-state index is 12.6. The number of nitrogens with zero attached hydrogens (tertiary/aromatic N) is 5. The van der Waals surface area contributed by atoms with E-state index >= 15 is 0 Å². The van der Waals surface area contributed by atoms with Gasteiger partial charge in [-0.2, -0.15) is 5.10 Å². The standard InChI is InChI=1S/C16H20N6O3/c1-3-25-16(24)11-9-19-21(2)14(11)20-15(23)12-8-13(18-10-17-12)22-6-4-5-7-22/h8-10H,3-7H2,1-2H3,(H,20,23). The van der Waals surface area contributed by atoms with Crippen LogP contribution in [0.1, 0.15) is 40.6 Å². The van der Waals surface area contributed by atoms with Crippen LogP contribution in [0.3, 0.4) is 0 Å². The average molecular weight is 344 g/mol. The van der Waals surface area contributed by atoms with E-state index in [0.29, 0.717) is 0 Å². The quantitative estimate of drug-likeness (QED) is 0.814. The minimum atomic E-state index is -0.536. The molecular weight excluding hydrogens is 324 g/mol. The maximum absolute atomic E-state index is 12.6. The molecule has 9 nitrogen and oxygen atoms in total. The Kier molecular flexibility index (Phi) is 4.92. The Balaban J connectivity index is 1.80. The summed E-state index contributed by atoms with van der Waals surface area (Å²) in [4.78, 5) is 34.9. The summed E-state index contributed by atoms with van der Waals surface area (Å²) in [6, 6.07) is 1.65. The van der Waals surface area contributed by atoms with Crippen LogP contribution in [0, 0.1) is 0 Å². The third kappa shape index (κ3) is 3.59. The van der Waals surface area contributed by atoms with Gasteiger partial charge in [0, 0.05) is 26.2 Å². The molecule has 0 atom stereocenters. The first-order chi connectivity index (χ1) is 12.1. The minimum absolute atomic E-state index is 0.200. The largest absolute Gasteiger partial charge is 0.462 e. The fourth-order valence-electron chi connectivity index (χ4n) is 2.71. The highest BCUT2D eigenvalue weighted by molar-refractivity contribution is 6.06. The van der Waals surface area contributed by atoms with Crippen molar-refractivity contribution in [3.8, 4) is 0 Å². The second-order valence-corrected chi connectivity index (χ2v) is 5.66. The van der Waals surface area contributed by atoms with Gasteiger partial charge in [0.15, 0.2) is 0 Å². The van der Waals surface area contributed by atoms with E-state index in [1.54, 1.807) is 20.0 Å². The zero-order valence-corrected chi connectivity index (χ0v) is 14.2. The van der Waals surface area contributed by atoms with E-state index in [1.807, 2.05) is 0 Å². The lowest BCUT2D eigenvalue weighted by Gasteiger charge is -2.16. The molecule has 132 valence electrons. The molecule has 0 unspecified atom stereocenters. The number of amides is 1. The smallest absolute Gasteiger partial charge is 0.343 e. The lowest BCUT2D eigenvalue weighted by Crippen LogP contribution is -2.22. The van der Waals surface area contributed by atoms with Crippen LogP contribution in [-0.2, 0) is 11.8 Å². The summed E-state index contributed by atoms with van der Waals surface area (Å²) in [5.41, 5.74) is 0.430. The maximum Gasteiger partial charge on any atom is 0.343 e. The number of esters is 1. The third-order valence-corrected chi connectivity index (χ3v) is 3.98. The number of carbonyl (C=O) groups excluding carboxylic acids is 2. The van der Waals surface area contributed by atoms with Gasteiger partial charge < -0.3 is 15.0 Å². The Morgan fingerprint density at radius 2 is 2.04 bits per heavy atom. The number of hydrogen-bond donors (Lipinski definition) is 1. The van der Waals surface area contributed by atoms with Crippen LogP contribution in [0.5, 0.6) is 0 Å². The lowest BCUT2D eigenvalue weighted by molar-refractivity contribution is 0.0527. The topological polar surface area (TPSA) is 102 Å². The van der Waals surface area contributed by atoms with E-state index in [-0.39, 0.29) is 23.7 Å². The fourth-order valence-corrected chi connectivity index (χ4v) is 2.71. The highest BCUT2D eigenvalue weighted by atomic mass is 16.5. The van der Waals surface area contributed by atoms with Crippen LogP contribution < -0.4 is 10.2 Å². The van der Waals surface area contributed by atoms with Crippen LogP contribution in [0.4, 0.5) is 11.6 Å². The van der Waals surface area contributed by atoms with Crippen molar-refractivity contribution >= 4 is 23.5 Å². The molecule has 1 fully saturated rings. The van der Waals surface area contributed by atoms with Gasteiger partial charge in [-0.25, -0.2) is 14.8 Å². The van der Waals surface area contributed by atoms with Crippen LogP contribution in [0.25, 0.3) is 0 Å². The predicted octanol–water partition coefficient (Wildman–Crippen LogP) is 1.24. The van der Waals surface area contributed by atoms with E-state index in [0.717, 1.165) is 31.7 Å². The molecule has 25 heavy (non-hydrogen) atoms. The molecule has 3 rings (SSSR count). The van der Waals surface area contributed by atoms with Crippen molar-refractivity contribution in [3.63, 3.8) is 0 Å². The molecule has 1 amide bonds. The zero-order valence-electron chi connectivity index (χ0n) is 14.2. The van der Waals surface area contributed by atoms with Crippen LogP contribution in [0.15, 0.2) is 18.6 Å². The molecule has 1 N–H and O–H groups in total. The minimum Gasteiger partial charge on any atom is -0.462 e. The molecule has 0 spiro atoms. The zero-order chi connectivity index (χ0) is 17.8. The summed E-state index contributed by atoms with van der Waals surface area (Å²) in [5.74, 6) is 0.0291. The summed E-state index contributed by atoms with van der Waals surface area (Å²) in [7, 11) is 1.63. The van der Waals surface area contributed by atoms with E-state index < -0.39 is 11.9 Å². The Labute approximate surface area is 145 Å². The normalized spacial score (nSPS) is 13.8. The molecule has 0 bridgehead atoms. The molecule has 0 aromatic carbocycles. The Morgan fingerprint density at radius 1 is 1.28 bits per heavy atom. The number of aromatic nitrogens is 4. The van der Waals surface area contributed by atoms with Gasteiger partial charge in [0.1, 0.15) is 29.2 Å². The van der Waals surface area contributed by atoms with E-state index in [9.17, 15) is 9.59 Å². The molecular formula is C16H20N6O3. The first-order valence-electron chi connectivity index (χ1n) is 8.17. The Morgan fingerprint density at radius 3 is 2.76 bits per heavy atom. The summed E-state index contributed by atoms with van der Waals surface area (Å²) in [5, 5.41) is 6.69. The van der Waals surface area contributed by atoms with Crippen molar-refractivity contribution in [3.05, 3.63) is 29.8 Å². The molecule has 1 aliphatic heterocycles. The van der Waals surface area contributed by atoms with Gasteiger partial charge in [-0.05, 0) is 19.8 Å². The van der Waals surface area contributed by atoms with Crippen LogP contribution in [0.2, 0.25) is 0 Å². The fraction of sp³-hybridized carbons (Fsp3) is 0.438. The van der Waals surface area contributed by atoms with Gasteiger partial charge in [0.25, 0.3) is 5.91 Å². The highest BCUT2D eigenvalue weighted by Crippen LogP contribution is 2.19. The van der Waals surface area contributed by atoms with Crippen molar-refractivity contribution in [1.29, 1.82) is 0 Å². The summed E-state index contributed by atoms with van der Waals surface area (Å²) in [6.45, 7) is 3.80. The number of anilines is 2. The molecule has 0 radical (unpaired) electrons. The molecule has 0 aliphatic carbocycles. The van der Waals surface area contributed by atoms with E-state index in [2.05, 4.69) is 25.3 Å². The Hall–Kier alpha value is -2.97. The average Bonchev–Trinajstić information content (AvgIpc) is 3.26. The van der Waals surface area contributed by atoms with Crippen molar-refractivity contribution in [2.24, 2.45) is 7.05 Å². The molecule has 1 saturated heterocycles. The van der Waals surface area contributed by atoms with Crippen LogP contribution >= 0.6 is 0 Å². The number of ether oxygens (including phenoxy) is 1. The third-order valence-electron chi connectivity index (χ3n) is 3.98.